The van der Waals surface area contributed by atoms with Crippen LogP contribution in [0.5, 0.6) is 0 Å². The second-order valence-electron chi connectivity index (χ2n) is 4.73. The lowest BCUT2D eigenvalue weighted by Gasteiger charge is -2.28. The molecule has 0 fully saturated rings. The van der Waals surface area contributed by atoms with Gasteiger partial charge in [0.05, 0.1) is 18.8 Å². The highest BCUT2D eigenvalue weighted by Gasteiger charge is 2.26. The summed E-state index contributed by atoms with van der Waals surface area (Å²) in [5, 5.41) is 0. The van der Waals surface area contributed by atoms with Crippen LogP contribution in [0.1, 0.15) is 46.5 Å². The van der Waals surface area contributed by atoms with E-state index in [0.29, 0.717) is 18.6 Å². The van der Waals surface area contributed by atoms with Gasteiger partial charge in [-0.15, -0.1) is 0 Å². The van der Waals surface area contributed by atoms with E-state index in [1.54, 1.807) is 6.92 Å². The monoisotopic (exact) mass is 255 g/mol. The molecule has 0 bridgehead atoms. The van der Waals surface area contributed by atoms with Gasteiger partial charge in [-0.05, 0) is 38.7 Å². The predicted molar refractivity (Wildman–Crippen MR) is 71.2 cm³/mol. The zero-order valence-corrected chi connectivity index (χ0v) is 11.6. The Bertz CT molecular complexity index is 297. The van der Waals surface area contributed by atoms with Crippen LogP contribution in [0.15, 0.2) is 11.6 Å². The number of hydrogen-bond acceptors (Lipinski definition) is 4. The minimum Gasteiger partial charge on any atom is -0.463 e. The quantitative estimate of drug-likeness (QED) is 0.739. The van der Waals surface area contributed by atoms with Gasteiger partial charge in [0.1, 0.15) is 0 Å². The van der Waals surface area contributed by atoms with Gasteiger partial charge in [-0.1, -0.05) is 13.8 Å². The molecule has 2 N–H and O–H groups in total. The molecular formula is C14H25NO3. The highest BCUT2D eigenvalue weighted by Crippen LogP contribution is 2.23. The number of nitrogens with two attached hydrogens (primary N) is 1. The largest absolute Gasteiger partial charge is 0.463 e. The van der Waals surface area contributed by atoms with Gasteiger partial charge in [0.15, 0.2) is 0 Å². The fourth-order valence-corrected chi connectivity index (χ4v) is 2.22. The molecule has 1 aliphatic carbocycles. The Kier molecular flexibility index (Phi) is 6.36. The molecular weight excluding hydrogens is 230 g/mol. The van der Waals surface area contributed by atoms with E-state index in [2.05, 4.69) is 13.8 Å². The summed E-state index contributed by atoms with van der Waals surface area (Å²) in [5.41, 5.74) is 6.64. The SMILES string of the molecule is CCOC(=O)C1=CC(OC(CC)CC)CC(N)C1. The summed E-state index contributed by atoms with van der Waals surface area (Å²) in [4.78, 5) is 11.7. The highest BCUT2D eigenvalue weighted by atomic mass is 16.5. The molecule has 0 aromatic carbocycles. The van der Waals surface area contributed by atoms with Crippen molar-refractivity contribution < 1.29 is 14.3 Å². The van der Waals surface area contributed by atoms with Crippen molar-refractivity contribution in [3.8, 4) is 0 Å². The molecule has 2 atom stereocenters. The van der Waals surface area contributed by atoms with Crippen molar-refractivity contribution >= 4 is 5.97 Å². The number of ether oxygens (including phenoxy) is 2. The minimum atomic E-state index is -0.259. The second-order valence-corrected chi connectivity index (χ2v) is 4.73. The number of esters is 1. The van der Waals surface area contributed by atoms with Crippen LogP contribution in [0.25, 0.3) is 0 Å². The lowest BCUT2D eigenvalue weighted by atomic mass is 9.93. The molecule has 18 heavy (non-hydrogen) atoms. The van der Waals surface area contributed by atoms with Gasteiger partial charge >= 0.3 is 5.97 Å². The predicted octanol–water partition coefficient (Wildman–Crippen LogP) is 2.17. The average molecular weight is 255 g/mol. The smallest absolute Gasteiger partial charge is 0.333 e. The Morgan fingerprint density at radius 1 is 1.44 bits per heavy atom. The standard InChI is InChI=1S/C14H25NO3/c1-4-12(5-2)18-13-8-10(7-11(15)9-13)14(16)17-6-3/h8,11-13H,4-7,9,15H2,1-3H3. The van der Waals surface area contributed by atoms with Crippen molar-refractivity contribution in [1.82, 2.24) is 0 Å². The lowest BCUT2D eigenvalue weighted by molar-refractivity contribution is -0.139. The summed E-state index contributed by atoms with van der Waals surface area (Å²) in [5.74, 6) is -0.259. The van der Waals surface area contributed by atoms with E-state index in [4.69, 9.17) is 15.2 Å². The van der Waals surface area contributed by atoms with Crippen molar-refractivity contribution in [3.05, 3.63) is 11.6 Å². The summed E-state index contributed by atoms with van der Waals surface area (Å²) in [6, 6.07) is -0.0197. The van der Waals surface area contributed by atoms with E-state index < -0.39 is 0 Å². The van der Waals surface area contributed by atoms with E-state index in [9.17, 15) is 4.79 Å². The molecule has 0 spiro atoms. The molecule has 0 radical (unpaired) electrons. The lowest BCUT2D eigenvalue weighted by Crippen LogP contribution is -2.35. The Labute approximate surface area is 110 Å². The number of carbonyl (C=O) groups is 1. The first-order chi connectivity index (χ1) is 8.60. The Morgan fingerprint density at radius 2 is 2.11 bits per heavy atom. The average Bonchev–Trinajstić information content (AvgIpc) is 2.35. The number of rotatable bonds is 6. The summed E-state index contributed by atoms with van der Waals surface area (Å²) >= 11 is 0. The van der Waals surface area contributed by atoms with E-state index in [-0.39, 0.29) is 24.2 Å². The Balaban J connectivity index is 2.67. The van der Waals surface area contributed by atoms with Gasteiger partial charge in [-0.25, -0.2) is 4.79 Å². The zero-order valence-electron chi connectivity index (χ0n) is 11.6. The zero-order chi connectivity index (χ0) is 13.5. The summed E-state index contributed by atoms with van der Waals surface area (Å²) in [6.45, 7) is 6.41. The number of carbonyl (C=O) groups excluding carboxylic acids is 1. The van der Waals surface area contributed by atoms with Crippen molar-refractivity contribution in [2.24, 2.45) is 5.73 Å². The first kappa shape index (κ1) is 15.2. The summed E-state index contributed by atoms with van der Waals surface area (Å²) < 4.78 is 11.0. The topological polar surface area (TPSA) is 61.5 Å². The van der Waals surface area contributed by atoms with Crippen molar-refractivity contribution in [1.29, 1.82) is 0 Å². The Morgan fingerprint density at radius 3 is 2.67 bits per heavy atom. The van der Waals surface area contributed by atoms with Gasteiger partial charge in [-0.2, -0.15) is 0 Å². The van der Waals surface area contributed by atoms with Crippen molar-refractivity contribution in [2.75, 3.05) is 6.61 Å². The molecule has 0 saturated carbocycles. The fraction of sp³-hybridized carbons (Fsp3) is 0.786. The van der Waals surface area contributed by atoms with Crippen LogP contribution in [0, 0.1) is 0 Å². The van der Waals surface area contributed by atoms with Crippen LogP contribution >= 0.6 is 0 Å². The minimum absolute atomic E-state index is 0.0197. The molecule has 2 unspecified atom stereocenters. The highest BCUT2D eigenvalue weighted by molar-refractivity contribution is 5.88. The van der Waals surface area contributed by atoms with E-state index in [1.807, 2.05) is 6.08 Å². The van der Waals surface area contributed by atoms with E-state index in [1.165, 1.54) is 0 Å². The molecule has 1 aliphatic rings. The Hall–Kier alpha value is -0.870. The fourth-order valence-electron chi connectivity index (χ4n) is 2.22. The summed E-state index contributed by atoms with van der Waals surface area (Å²) in [7, 11) is 0. The second kappa shape index (κ2) is 7.54. The molecule has 1 rings (SSSR count). The molecule has 0 aromatic rings. The third kappa shape index (κ3) is 4.42. The molecule has 0 saturated heterocycles. The van der Waals surface area contributed by atoms with Gasteiger partial charge < -0.3 is 15.2 Å². The van der Waals surface area contributed by atoms with Crippen LogP contribution < -0.4 is 5.73 Å². The third-order valence-corrected chi connectivity index (χ3v) is 3.22. The molecule has 0 heterocycles. The summed E-state index contributed by atoms with van der Waals surface area (Å²) in [6.07, 6.45) is 5.38. The van der Waals surface area contributed by atoms with E-state index in [0.717, 1.165) is 19.3 Å². The van der Waals surface area contributed by atoms with Crippen LogP contribution in [0.2, 0.25) is 0 Å². The maximum atomic E-state index is 11.7. The van der Waals surface area contributed by atoms with Gasteiger partial charge in [0.25, 0.3) is 0 Å². The van der Waals surface area contributed by atoms with Crippen molar-refractivity contribution in [2.45, 2.75) is 64.7 Å². The van der Waals surface area contributed by atoms with Gasteiger partial charge in [0.2, 0.25) is 0 Å². The molecule has 0 aliphatic heterocycles. The van der Waals surface area contributed by atoms with Crippen LogP contribution in [0.3, 0.4) is 0 Å². The first-order valence-corrected chi connectivity index (χ1v) is 6.89. The molecule has 104 valence electrons. The van der Waals surface area contributed by atoms with Crippen LogP contribution in [0.4, 0.5) is 0 Å². The molecule has 4 heteroatoms. The van der Waals surface area contributed by atoms with Crippen LogP contribution in [-0.4, -0.2) is 30.8 Å². The number of hydrogen-bond donors (Lipinski definition) is 1. The van der Waals surface area contributed by atoms with Crippen molar-refractivity contribution in [3.63, 3.8) is 0 Å². The normalized spacial score (nSPS) is 23.9. The first-order valence-electron chi connectivity index (χ1n) is 6.89. The molecule has 0 amide bonds. The van der Waals surface area contributed by atoms with Crippen LogP contribution in [-0.2, 0) is 14.3 Å². The third-order valence-electron chi connectivity index (χ3n) is 3.22. The molecule has 0 aromatic heterocycles. The maximum Gasteiger partial charge on any atom is 0.333 e. The van der Waals surface area contributed by atoms with E-state index >= 15 is 0 Å². The van der Waals surface area contributed by atoms with Gasteiger partial charge in [0, 0.05) is 11.6 Å². The molecule has 4 nitrogen and oxygen atoms in total. The maximum absolute atomic E-state index is 11.7. The van der Waals surface area contributed by atoms with Gasteiger partial charge in [-0.3, -0.25) is 0 Å².